The minimum Gasteiger partial charge on any atom is -0.300 e. The van der Waals surface area contributed by atoms with Gasteiger partial charge in [0.05, 0.1) is 0 Å². The highest BCUT2D eigenvalue weighted by atomic mass is 17.0. The Bertz CT molecular complexity index is 586. The lowest BCUT2D eigenvalue weighted by Crippen LogP contribution is -2.21. The average molecular weight is 202 g/mol. The van der Waals surface area contributed by atoms with E-state index >= 15 is 0 Å². The second kappa shape index (κ2) is 3.72. The van der Waals surface area contributed by atoms with Crippen molar-refractivity contribution in [3.63, 3.8) is 0 Å². The Labute approximate surface area is 74.0 Å². The van der Waals surface area contributed by atoms with Gasteiger partial charge in [0, 0.05) is 0 Å². The fourth-order valence-electron chi connectivity index (χ4n) is 0.958. The summed E-state index contributed by atoms with van der Waals surface area (Å²) < 4.78 is 0. The Morgan fingerprint density at radius 2 is 1.29 bits per heavy atom. The van der Waals surface area contributed by atoms with E-state index in [-0.39, 0.29) is 11.2 Å². The third kappa shape index (κ3) is 1.62. The summed E-state index contributed by atoms with van der Waals surface area (Å²) >= 11 is 0. The molecule has 0 aliphatic carbocycles. The van der Waals surface area contributed by atoms with Gasteiger partial charge < -0.3 is 0 Å². The van der Waals surface area contributed by atoms with Gasteiger partial charge in [0.2, 0.25) is 0 Å². The summed E-state index contributed by atoms with van der Waals surface area (Å²) in [5.74, 6) is 0. The van der Waals surface area contributed by atoms with Crippen LogP contribution in [0.5, 0.6) is 0 Å². The normalized spacial score (nSPS) is 9.57. The summed E-state index contributed by atoms with van der Waals surface area (Å²) in [6.45, 7) is 0. The number of hydrogen-bond donors (Lipinski definition) is 6. The topological polar surface area (TPSA) is 155 Å². The molecule has 2 rings (SSSR count). The van der Waals surface area contributed by atoms with E-state index in [1.807, 2.05) is 4.98 Å². The number of aromatic nitrogens is 4. The monoisotopic (exact) mass is 202 g/mol. The molecule has 14 heavy (non-hydrogen) atoms. The molecule has 0 amide bonds. The van der Waals surface area contributed by atoms with Gasteiger partial charge in [0.1, 0.15) is 11.2 Å². The van der Waals surface area contributed by atoms with Gasteiger partial charge in [-0.3, -0.25) is 35.2 Å². The Morgan fingerprint density at radius 3 is 1.86 bits per heavy atom. The van der Waals surface area contributed by atoms with Gasteiger partial charge in [0.25, 0.3) is 5.56 Å². The van der Waals surface area contributed by atoms with Crippen LogP contribution in [0.1, 0.15) is 0 Å². The second-order valence-corrected chi connectivity index (χ2v) is 2.24. The molecule has 2 aromatic rings. The molecule has 0 unspecified atom stereocenters. The summed E-state index contributed by atoms with van der Waals surface area (Å²) in [5, 5.41) is 12.0. The van der Waals surface area contributed by atoms with E-state index in [9.17, 15) is 14.4 Å². The molecular formula is C5H6N4O5. The van der Waals surface area contributed by atoms with Crippen LogP contribution in [0.4, 0.5) is 0 Å². The smallest absolute Gasteiger partial charge is 0.300 e. The van der Waals surface area contributed by atoms with Crippen LogP contribution in [0, 0.1) is 0 Å². The molecule has 0 saturated heterocycles. The molecule has 0 aliphatic heterocycles. The van der Waals surface area contributed by atoms with Gasteiger partial charge in [-0.05, 0) is 0 Å². The van der Waals surface area contributed by atoms with Gasteiger partial charge >= 0.3 is 11.4 Å². The molecule has 0 atom stereocenters. The lowest BCUT2D eigenvalue weighted by atomic mass is 10.5. The molecule has 0 aliphatic rings. The Hall–Kier alpha value is -2.13. The van der Waals surface area contributed by atoms with Gasteiger partial charge in [-0.15, -0.1) is 0 Å². The summed E-state index contributed by atoms with van der Waals surface area (Å²) in [4.78, 5) is 41.0. The van der Waals surface area contributed by atoms with Crippen molar-refractivity contribution in [3.8, 4) is 0 Å². The lowest BCUT2D eigenvalue weighted by molar-refractivity contribution is -0.176. The van der Waals surface area contributed by atoms with Crippen molar-refractivity contribution in [2.24, 2.45) is 0 Å². The van der Waals surface area contributed by atoms with Gasteiger partial charge in [-0.25, -0.2) is 9.59 Å². The fraction of sp³-hybridized carbons (Fsp3) is 0. The third-order valence-corrected chi connectivity index (χ3v) is 1.42. The molecule has 9 heteroatoms. The zero-order valence-corrected chi connectivity index (χ0v) is 6.62. The molecular weight excluding hydrogens is 196 g/mol. The van der Waals surface area contributed by atoms with Crippen molar-refractivity contribution in [3.05, 3.63) is 31.3 Å². The van der Waals surface area contributed by atoms with Crippen molar-refractivity contribution in [1.82, 2.24) is 19.9 Å². The van der Waals surface area contributed by atoms with E-state index in [0.717, 1.165) is 0 Å². The minimum atomic E-state index is -0.650. The Balaban J connectivity index is 0.000000461. The Morgan fingerprint density at radius 1 is 0.786 bits per heavy atom. The van der Waals surface area contributed by atoms with Crippen molar-refractivity contribution >= 4 is 11.2 Å². The molecule has 0 saturated carbocycles. The van der Waals surface area contributed by atoms with Crippen LogP contribution >= 0.6 is 0 Å². The number of imidazole rings is 1. The molecule has 6 N–H and O–H groups in total. The first-order valence-electron chi connectivity index (χ1n) is 3.31. The molecule has 2 heterocycles. The highest BCUT2D eigenvalue weighted by molar-refractivity contribution is 5.67. The zero-order valence-electron chi connectivity index (χ0n) is 6.62. The van der Waals surface area contributed by atoms with Crippen LogP contribution in [0.3, 0.4) is 0 Å². The van der Waals surface area contributed by atoms with Crippen LogP contribution in [0.2, 0.25) is 0 Å². The van der Waals surface area contributed by atoms with E-state index in [1.165, 1.54) is 0 Å². The van der Waals surface area contributed by atoms with Gasteiger partial charge in [0.15, 0.2) is 0 Å². The van der Waals surface area contributed by atoms with E-state index in [4.69, 9.17) is 10.5 Å². The maximum Gasteiger partial charge on any atom is 0.327 e. The van der Waals surface area contributed by atoms with Gasteiger partial charge in [-0.1, -0.05) is 0 Å². The van der Waals surface area contributed by atoms with Crippen LogP contribution in [0.25, 0.3) is 11.2 Å². The first-order chi connectivity index (χ1) is 6.66. The van der Waals surface area contributed by atoms with E-state index < -0.39 is 16.9 Å². The van der Waals surface area contributed by atoms with Crippen LogP contribution in [-0.2, 0) is 0 Å². The predicted octanol–water partition coefficient (Wildman–Crippen LogP) is -1.75. The van der Waals surface area contributed by atoms with Crippen molar-refractivity contribution in [2.45, 2.75) is 0 Å². The summed E-state index contributed by atoms with van der Waals surface area (Å²) in [6.07, 6.45) is 0. The summed E-state index contributed by atoms with van der Waals surface area (Å²) in [5.41, 5.74) is -1.65. The van der Waals surface area contributed by atoms with Crippen LogP contribution in [-0.4, -0.2) is 30.5 Å². The first kappa shape index (κ1) is 9.95. The van der Waals surface area contributed by atoms with Crippen LogP contribution in [0.15, 0.2) is 14.4 Å². The second-order valence-electron chi connectivity index (χ2n) is 2.24. The minimum absolute atomic E-state index is 0.0413. The van der Waals surface area contributed by atoms with Crippen molar-refractivity contribution in [1.29, 1.82) is 0 Å². The maximum atomic E-state index is 10.9. The molecule has 0 aromatic carbocycles. The third-order valence-electron chi connectivity index (χ3n) is 1.42. The number of nitrogens with one attached hydrogen (secondary N) is 4. The molecule has 0 bridgehead atoms. The molecule has 0 radical (unpaired) electrons. The van der Waals surface area contributed by atoms with Crippen molar-refractivity contribution < 1.29 is 10.5 Å². The zero-order chi connectivity index (χ0) is 10.7. The first-order valence-corrected chi connectivity index (χ1v) is 3.31. The standard InChI is InChI=1S/C5H4N4O3.H2O2/c10-3-1-2(7-4(11)6-1)8-5(12)9-3;1-2/h(H4,6,7,8,9,10,11,12);1-2H. The van der Waals surface area contributed by atoms with E-state index in [0.29, 0.717) is 0 Å². The Kier molecular flexibility index (Phi) is 2.65. The molecule has 0 spiro atoms. The number of H-pyrrole nitrogens is 4. The highest BCUT2D eigenvalue weighted by Crippen LogP contribution is 1.88. The lowest BCUT2D eigenvalue weighted by Gasteiger charge is -1.83. The van der Waals surface area contributed by atoms with Crippen LogP contribution < -0.4 is 16.9 Å². The number of rotatable bonds is 0. The molecule has 0 fully saturated rings. The molecule has 9 nitrogen and oxygen atoms in total. The SMILES string of the molecule is O=c1[nH]c(=O)c2[nH]c(=O)[nH]c2[nH]1.OO. The number of fused-ring (bicyclic) bond motifs is 1. The van der Waals surface area contributed by atoms with E-state index in [1.54, 1.807) is 0 Å². The fourth-order valence-corrected chi connectivity index (χ4v) is 0.958. The highest BCUT2D eigenvalue weighted by Gasteiger charge is 2.02. The largest absolute Gasteiger partial charge is 0.327 e. The maximum absolute atomic E-state index is 10.9. The van der Waals surface area contributed by atoms with Gasteiger partial charge in [-0.2, -0.15) is 0 Å². The molecule has 2 aromatic heterocycles. The quantitative estimate of drug-likeness (QED) is 0.221. The average Bonchev–Trinajstić information content (AvgIpc) is 2.49. The summed E-state index contributed by atoms with van der Waals surface area (Å²) in [6, 6.07) is 0. The summed E-state index contributed by atoms with van der Waals surface area (Å²) in [7, 11) is 0. The number of aromatic amines is 4. The number of hydrogen-bond acceptors (Lipinski definition) is 5. The van der Waals surface area contributed by atoms with E-state index in [2.05, 4.69) is 15.0 Å². The molecule has 76 valence electrons. The predicted molar refractivity (Wildman–Crippen MR) is 45.4 cm³/mol. The van der Waals surface area contributed by atoms with Crippen molar-refractivity contribution in [2.75, 3.05) is 0 Å².